The zero-order valence-corrected chi connectivity index (χ0v) is 14.0. The van der Waals surface area contributed by atoms with Crippen molar-refractivity contribution in [3.05, 3.63) is 28.2 Å². The smallest absolute Gasteiger partial charge is 0.313 e. The maximum Gasteiger partial charge on any atom is 0.313 e. The lowest BCUT2D eigenvalue weighted by Crippen LogP contribution is -2.45. The number of carbonyl (C=O) groups is 2. The van der Waals surface area contributed by atoms with E-state index in [1.54, 1.807) is 6.07 Å². The van der Waals surface area contributed by atoms with Crippen LogP contribution in [0.15, 0.2) is 22.7 Å². The van der Waals surface area contributed by atoms with Crippen molar-refractivity contribution in [3.63, 3.8) is 0 Å². The van der Waals surface area contributed by atoms with E-state index in [4.69, 9.17) is 0 Å². The van der Waals surface area contributed by atoms with Crippen LogP contribution in [0.1, 0.15) is 38.2 Å². The van der Waals surface area contributed by atoms with Crippen molar-refractivity contribution in [2.24, 2.45) is 5.92 Å². The highest BCUT2D eigenvalue weighted by molar-refractivity contribution is 9.10. The number of carbonyl (C=O) groups excluding carboxylic acids is 2. The lowest BCUT2D eigenvalue weighted by molar-refractivity contribution is -0.137. The zero-order valence-electron chi connectivity index (χ0n) is 12.4. The molecule has 1 aromatic carbocycles. The third kappa shape index (κ3) is 4.30. The van der Waals surface area contributed by atoms with Gasteiger partial charge in [0.15, 0.2) is 0 Å². The van der Waals surface area contributed by atoms with E-state index in [-0.39, 0.29) is 6.04 Å². The van der Waals surface area contributed by atoms with Crippen molar-refractivity contribution >= 4 is 33.4 Å². The molecule has 0 saturated heterocycles. The van der Waals surface area contributed by atoms with Gasteiger partial charge < -0.3 is 10.6 Å². The van der Waals surface area contributed by atoms with E-state index in [0.29, 0.717) is 11.6 Å². The molecule has 4 nitrogen and oxygen atoms in total. The molecule has 0 heterocycles. The van der Waals surface area contributed by atoms with Crippen LogP contribution in [0.5, 0.6) is 0 Å². The van der Waals surface area contributed by atoms with Gasteiger partial charge in [0.25, 0.3) is 0 Å². The molecule has 21 heavy (non-hydrogen) atoms. The van der Waals surface area contributed by atoms with Gasteiger partial charge in [0.05, 0.1) is 0 Å². The number of halogens is 1. The summed E-state index contributed by atoms with van der Waals surface area (Å²) in [5.74, 6) is -0.709. The van der Waals surface area contributed by atoms with Crippen molar-refractivity contribution in [1.82, 2.24) is 5.32 Å². The molecule has 0 spiro atoms. The molecule has 2 atom stereocenters. The van der Waals surface area contributed by atoms with E-state index in [2.05, 4.69) is 33.5 Å². The fourth-order valence-corrected chi connectivity index (χ4v) is 3.19. The summed E-state index contributed by atoms with van der Waals surface area (Å²) in [5.41, 5.74) is 1.58. The summed E-state index contributed by atoms with van der Waals surface area (Å²) in [5, 5.41) is 5.53. The number of benzene rings is 1. The van der Waals surface area contributed by atoms with Crippen LogP contribution in [-0.4, -0.2) is 17.9 Å². The molecule has 2 amide bonds. The Bertz CT molecular complexity index is 545. The quantitative estimate of drug-likeness (QED) is 0.801. The Kier molecular flexibility index (Phi) is 5.39. The summed E-state index contributed by atoms with van der Waals surface area (Å²) >= 11 is 3.37. The van der Waals surface area contributed by atoms with Crippen LogP contribution in [0, 0.1) is 12.8 Å². The molecule has 5 heteroatoms. The van der Waals surface area contributed by atoms with Gasteiger partial charge >= 0.3 is 11.8 Å². The van der Waals surface area contributed by atoms with Crippen LogP contribution < -0.4 is 10.6 Å². The highest BCUT2D eigenvalue weighted by Gasteiger charge is 2.25. The Morgan fingerprint density at radius 3 is 2.57 bits per heavy atom. The summed E-state index contributed by atoms with van der Waals surface area (Å²) in [6, 6.07) is 5.64. The van der Waals surface area contributed by atoms with Crippen molar-refractivity contribution in [2.75, 3.05) is 5.32 Å². The van der Waals surface area contributed by atoms with Gasteiger partial charge in [0.1, 0.15) is 0 Å². The Labute approximate surface area is 133 Å². The van der Waals surface area contributed by atoms with Crippen LogP contribution >= 0.6 is 15.9 Å². The van der Waals surface area contributed by atoms with Gasteiger partial charge in [0.2, 0.25) is 0 Å². The van der Waals surface area contributed by atoms with Crippen LogP contribution in [0.25, 0.3) is 0 Å². The molecule has 1 fully saturated rings. The van der Waals surface area contributed by atoms with E-state index in [1.807, 2.05) is 19.1 Å². The van der Waals surface area contributed by atoms with Gasteiger partial charge in [0, 0.05) is 16.2 Å². The second kappa shape index (κ2) is 7.07. The van der Waals surface area contributed by atoms with Gasteiger partial charge in [-0.3, -0.25) is 9.59 Å². The van der Waals surface area contributed by atoms with Crippen LogP contribution in [0.3, 0.4) is 0 Å². The molecular weight excluding hydrogens is 332 g/mol. The van der Waals surface area contributed by atoms with Gasteiger partial charge in [-0.1, -0.05) is 35.7 Å². The van der Waals surface area contributed by atoms with Gasteiger partial charge in [-0.25, -0.2) is 0 Å². The van der Waals surface area contributed by atoms with Crippen LogP contribution in [0.2, 0.25) is 0 Å². The number of rotatable bonds is 2. The number of anilines is 1. The monoisotopic (exact) mass is 352 g/mol. The third-order valence-electron chi connectivity index (χ3n) is 4.07. The number of aryl methyl sites for hydroxylation is 1. The van der Waals surface area contributed by atoms with Crippen LogP contribution in [0.4, 0.5) is 5.69 Å². The Morgan fingerprint density at radius 2 is 1.90 bits per heavy atom. The van der Waals surface area contributed by atoms with E-state index < -0.39 is 11.8 Å². The first kappa shape index (κ1) is 16.0. The molecule has 1 aliphatic carbocycles. The molecule has 1 saturated carbocycles. The summed E-state index contributed by atoms with van der Waals surface area (Å²) in [7, 11) is 0. The number of hydrogen-bond acceptors (Lipinski definition) is 2. The largest absolute Gasteiger partial charge is 0.345 e. The molecule has 0 bridgehead atoms. The minimum Gasteiger partial charge on any atom is -0.345 e. The Hall–Kier alpha value is -1.36. The first-order valence-electron chi connectivity index (χ1n) is 7.35. The maximum absolute atomic E-state index is 12.0. The van der Waals surface area contributed by atoms with Gasteiger partial charge in [-0.15, -0.1) is 0 Å². The lowest BCUT2D eigenvalue weighted by atomic mass is 9.86. The number of hydrogen-bond donors (Lipinski definition) is 2. The predicted molar refractivity (Wildman–Crippen MR) is 87.1 cm³/mol. The average Bonchev–Trinajstić information content (AvgIpc) is 2.44. The molecule has 114 valence electrons. The van der Waals surface area contributed by atoms with E-state index in [9.17, 15) is 9.59 Å². The van der Waals surface area contributed by atoms with Gasteiger partial charge in [-0.2, -0.15) is 0 Å². The number of amides is 2. The molecule has 0 aliphatic heterocycles. The molecule has 0 radical (unpaired) electrons. The Morgan fingerprint density at radius 1 is 1.19 bits per heavy atom. The maximum atomic E-state index is 12.0. The summed E-state index contributed by atoms with van der Waals surface area (Å²) in [6.45, 7) is 4.02. The van der Waals surface area contributed by atoms with Crippen LogP contribution in [-0.2, 0) is 9.59 Å². The van der Waals surface area contributed by atoms with Crippen molar-refractivity contribution in [3.8, 4) is 0 Å². The lowest BCUT2D eigenvalue weighted by Gasteiger charge is -2.29. The second-order valence-electron chi connectivity index (χ2n) is 5.76. The summed E-state index contributed by atoms with van der Waals surface area (Å²) in [6.07, 6.45) is 4.39. The fourth-order valence-electron chi connectivity index (χ4n) is 2.71. The van der Waals surface area contributed by atoms with Crippen molar-refractivity contribution in [1.29, 1.82) is 0 Å². The predicted octanol–water partition coefficient (Wildman–Crippen LogP) is 3.39. The minimum atomic E-state index is -0.599. The third-order valence-corrected chi connectivity index (χ3v) is 4.56. The molecule has 1 aliphatic rings. The topological polar surface area (TPSA) is 58.2 Å². The Balaban J connectivity index is 1.94. The second-order valence-corrected chi connectivity index (χ2v) is 6.67. The molecule has 0 aromatic heterocycles. The highest BCUT2D eigenvalue weighted by Crippen LogP contribution is 2.24. The zero-order chi connectivity index (χ0) is 15.4. The molecule has 2 rings (SSSR count). The van der Waals surface area contributed by atoms with E-state index in [0.717, 1.165) is 29.3 Å². The average molecular weight is 353 g/mol. The standard InChI is InChI=1S/C16H21BrN2O2/c1-10-5-3-4-6-13(10)18-15(20)16(21)19-14-8-7-12(17)9-11(14)2/h7-10,13H,3-6H2,1-2H3,(H,18,20)(H,19,21)/t10-,13+/m1/s1. The van der Waals surface area contributed by atoms with Crippen molar-refractivity contribution in [2.45, 2.75) is 45.6 Å². The first-order valence-corrected chi connectivity index (χ1v) is 8.14. The highest BCUT2D eigenvalue weighted by atomic mass is 79.9. The first-order chi connectivity index (χ1) is 9.97. The van der Waals surface area contributed by atoms with E-state index >= 15 is 0 Å². The summed E-state index contributed by atoms with van der Waals surface area (Å²) < 4.78 is 0.943. The fraction of sp³-hybridized carbons (Fsp3) is 0.500. The number of nitrogens with one attached hydrogen (secondary N) is 2. The SMILES string of the molecule is Cc1cc(Br)ccc1NC(=O)C(=O)N[C@H]1CCCC[C@H]1C. The van der Waals surface area contributed by atoms with Crippen molar-refractivity contribution < 1.29 is 9.59 Å². The van der Waals surface area contributed by atoms with Gasteiger partial charge in [-0.05, 0) is 49.4 Å². The molecule has 2 N–H and O–H groups in total. The van der Waals surface area contributed by atoms with E-state index in [1.165, 1.54) is 6.42 Å². The molecule has 0 unspecified atom stereocenters. The molecular formula is C16H21BrN2O2. The minimum absolute atomic E-state index is 0.114. The summed E-state index contributed by atoms with van der Waals surface area (Å²) in [4.78, 5) is 24.0. The molecule has 1 aromatic rings. The normalized spacial score (nSPS) is 21.7.